The van der Waals surface area contributed by atoms with Crippen LogP contribution in [0, 0.1) is 11.8 Å². The maximum absolute atomic E-state index is 12.6. The van der Waals surface area contributed by atoms with E-state index in [1.54, 1.807) is 29.8 Å². The van der Waals surface area contributed by atoms with Gasteiger partial charge in [0.05, 0.1) is 15.1 Å². The van der Waals surface area contributed by atoms with Gasteiger partial charge in [0.2, 0.25) is 10.0 Å². The topological polar surface area (TPSA) is 68.2 Å². The second-order valence-corrected chi connectivity index (χ2v) is 9.17. The van der Waals surface area contributed by atoms with E-state index in [4.69, 9.17) is 0 Å². The SMILES string of the molecule is Cn1c(=O)sc2cc(S(=O)(=O)NC3CC4CCC3C4)ccc21. The third-order valence-corrected chi connectivity index (χ3v) is 7.60. The van der Waals surface area contributed by atoms with E-state index < -0.39 is 10.0 Å². The second-order valence-electron chi connectivity index (χ2n) is 6.46. The molecule has 1 aromatic carbocycles. The fourth-order valence-corrected chi connectivity index (χ4v) is 6.27. The summed E-state index contributed by atoms with van der Waals surface area (Å²) in [5, 5.41) is 0. The molecule has 2 fully saturated rings. The number of aromatic nitrogens is 1. The van der Waals surface area contributed by atoms with E-state index in [-0.39, 0.29) is 15.8 Å². The molecule has 2 bridgehead atoms. The molecule has 118 valence electrons. The molecule has 7 heteroatoms. The maximum atomic E-state index is 12.6. The lowest BCUT2D eigenvalue weighted by Gasteiger charge is -2.22. The molecule has 0 spiro atoms. The van der Waals surface area contributed by atoms with Gasteiger partial charge >= 0.3 is 4.87 Å². The molecule has 1 N–H and O–H groups in total. The van der Waals surface area contributed by atoms with Crippen LogP contribution in [-0.4, -0.2) is 19.0 Å². The molecular weight excluding hydrogens is 320 g/mol. The van der Waals surface area contributed by atoms with E-state index >= 15 is 0 Å². The lowest BCUT2D eigenvalue weighted by molar-refractivity contribution is 0.390. The summed E-state index contributed by atoms with van der Waals surface area (Å²) in [6.07, 6.45) is 4.50. The van der Waals surface area contributed by atoms with Crippen LogP contribution in [0.1, 0.15) is 25.7 Å². The molecule has 4 rings (SSSR count). The van der Waals surface area contributed by atoms with E-state index in [9.17, 15) is 13.2 Å². The van der Waals surface area contributed by atoms with Crippen molar-refractivity contribution in [1.29, 1.82) is 0 Å². The molecule has 1 heterocycles. The summed E-state index contributed by atoms with van der Waals surface area (Å²) in [6.45, 7) is 0. The minimum atomic E-state index is -3.52. The van der Waals surface area contributed by atoms with Crippen molar-refractivity contribution in [1.82, 2.24) is 9.29 Å². The smallest absolute Gasteiger partial charge is 0.302 e. The average Bonchev–Trinajstić information content (AvgIpc) is 3.14. The summed E-state index contributed by atoms with van der Waals surface area (Å²) >= 11 is 1.08. The van der Waals surface area contributed by atoms with Crippen molar-refractivity contribution in [2.45, 2.75) is 36.6 Å². The van der Waals surface area contributed by atoms with Gasteiger partial charge in [-0.3, -0.25) is 4.79 Å². The Balaban J connectivity index is 1.66. The van der Waals surface area contributed by atoms with Crippen molar-refractivity contribution in [2.75, 3.05) is 0 Å². The Morgan fingerprint density at radius 2 is 2.09 bits per heavy atom. The van der Waals surface area contributed by atoms with Gasteiger partial charge in [-0.25, -0.2) is 13.1 Å². The van der Waals surface area contributed by atoms with Crippen molar-refractivity contribution in [3.05, 3.63) is 27.9 Å². The van der Waals surface area contributed by atoms with Crippen LogP contribution in [0.3, 0.4) is 0 Å². The van der Waals surface area contributed by atoms with Crippen LogP contribution in [0.15, 0.2) is 27.9 Å². The lowest BCUT2D eigenvalue weighted by atomic mass is 9.96. The summed E-state index contributed by atoms with van der Waals surface area (Å²) in [4.78, 5) is 11.9. The fraction of sp³-hybridized carbons (Fsp3) is 0.533. The average molecular weight is 338 g/mol. The highest BCUT2D eigenvalue weighted by Crippen LogP contribution is 2.44. The number of nitrogens with zero attached hydrogens (tertiary/aromatic N) is 1. The second kappa shape index (κ2) is 4.91. The van der Waals surface area contributed by atoms with Gasteiger partial charge in [0.25, 0.3) is 0 Å². The van der Waals surface area contributed by atoms with Crippen LogP contribution in [0.5, 0.6) is 0 Å². The summed E-state index contributed by atoms with van der Waals surface area (Å²) in [6, 6.07) is 4.98. The van der Waals surface area contributed by atoms with Gasteiger partial charge in [0.15, 0.2) is 0 Å². The number of hydrogen-bond acceptors (Lipinski definition) is 4. The molecule has 1 aromatic heterocycles. The Morgan fingerprint density at radius 1 is 1.27 bits per heavy atom. The standard InChI is InChI=1S/C15H18N2O3S2/c1-17-13-5-4-11(8-14(13)21-15(17)18)22(19,20)16-12-7-9-2-3-10(12)6-9/h4-5,8-10,12,16H,2-3,6-7H2,1H3. The quantitative estimate of drug-likeness (QED) is 0.931. The molecule has 2 saturated carbocycles. The molecule has 0 radical (unpaired) electrons. The maximum Gasteiger partial charge on any atom is 0.307 e. The molecule has 3 atom stereocenters. The van der Waals surface area contributed by atoms with Crippen LogP contribution in [0.25, 0.3) is 10.2 Å². The molecule has 22 heavy (non-hydrogen) atoms. The number of hydrogen-bond donors (Lipinski definition) is 1. The van der Waals surface area contributed by atoms with Crippen molar-refractivity contribution >= 4 is 31.6 Å². The molecule has 5 nitrogen and oxygen atoms in total. The Hall–Kier alpha value is -1.18. The highest BCUT2D eigenvalue weighted by atomic mass is 32.2. The van der Waals surface area contributed by atoms with Gasteiger partial charge in [-0.2, -0.15) is 0 Å². The highest BCUT2D eigenvalue weighted by Gasteiger charge is 2.41. The predicted octanol–water partition coefficient (Wildman–Crippen LogP) is 2.07. The van der Waals surface area contributed by atoms with Crippen LogP contribution < -0.4 is 9.60 Å². The molecule has 3 unspecified atom stereocenters. The summed E-state index contributed by atoms with van der Waals surface area (Å²) < 4.78 is 30.4. The number of sulfonamides is 1. The Labute approximate surface area is 133 Å². The molecule has 0 saturated heterocycles. The van der Waals surface area contributed by atoms with Crippen LogP contribution in [0.2, 0.25) is 0 Å². The normalized spacial score (nSPS) is 27.8. The number of nitrogens with one attached hydrogen (secondary N) is 1. The van der Waals surface area contributed by atoms with Gasteiger partial charge in [-0.05, 0) is 49.3 Å². The number of benzene rings is 1. The first-order valence-corrected chi connectivity index (χ1v) is 9.86. The first-order valence-electron chi connectivity index (χ1n) is 7.56. The Morgan fingerprint density at radius 3 is 2.77 bits per heavy atom. The zero-order valence-electron chi connectivity index (χ0n) is 12.3. The number of fused-ring (bicyclic) bond motifs is 3. The molecule has 0 aliphatic heterocycles. The van der Waals surface area contributed by atoms with E-state index in [1.165, 1.54) is 6.42 Å². The van der Waals surface area contributed by atoms with Crippen molar-refractivity contribution in [3.63, 3.8) is 0 Å². The zero-order valence-corrected chi connectivity index (χ0v) is 13.9. The number of rotatable bonds is 3. The van der Waals surface area contributed by atoms with E-state index in [1.807, 2.05) is 0 Å². The fourth-order valence-electron chi connectivity index (χ4n) is 3.94. The van der Waals surface area contributed by atoms with Crippen molar-refractivity contribution in [2.24, 2.45) is 18.9 Å². The minimum absolute atomic E-state index is 0.0777. The summed E-state index contributed by atoms with van der Waals surface area (Å²) in [5.74, 6) is 1.19. The monoisotopic (exact) mass is 338 g/mol. The number of aryl methyl sites for hydroxylation is 1. The van der Waals surface area contributed by atoms with Crippen LogP contribution in [-0.2, 0) is 17.1 Å². The Kier molecular flexibility index (Phi) is 3.22. The summed E-state index contributed by atoms with van der Waals surface area (Å²) in [7, 11) is -1.82. The first-order chi connectivity index (χ1) is 10.4. The molecule has 2 aliphatic carbocycles. The van der Waals surface area contributed by atoms with Gasteiger partial charge < -0.3 is 4.57 Å². The van der Waals surface area contributed by atoms with E-state index in [2.05, 4.69) is 4.72 Å². The lowest BCUT2D eigenvalue weighted by Crippen LogP contribution is -2.38. The van der Waals surface area contributed by atoms with E-state index in [0.29, 0.717) is 16.5 Å². The molecule has 0 amide bonds. The highest BCUT2D eigenvalue weighted by molar-refractivity contribution is 7.89. The predicted molar refractivity (Wildman–Crippen MR) is 86.6 cm³/mol. The van der Waals surface area contributed by atoms with Crippen LogP contribution in [0.4, 0.5) is 0 Å². The third kappa shape index (κ3) is 2.23. The van der Waals surface area contributed by atoms with Gasteiger partial charge in [0, 0.05) is 13.1 Å². The number of thiazole rings is 1. The van der Waals surface area contributed by atoms with E-state index in [0.717, 1.165) is 36.1 Å². The van der Waals surface area contributed by atoms with Crippen LogP contribution >= 0.6 is 11.3 Å². The van der Waals surface area contributed by atoms with Gasteiger partial charge in [-0.1, -0.05) is 17.8 Å². The largest absolute Gasteiger partial charge is 0.307 e. The molecular formula is C15H18N2O3S2. The van der Waals surface area contributed by atoms with Crippen molar-refractivity contribution < 1.29 is 8.42 Å². The van der Waals surface area contributed by atoms with Gasteiger partial charge in [-0.15, -0.1) is 0 Å². The van der Waals surface area contributed by atoms with Crippen molar-refractivity contribution in [3.8, 4) is 0 Å². The Bertz CT molecular complexity index is 897. The zero-order chi connectivity index (χ0) is 15.5. The molecule has 2 aromatic rings. The first kappa shape index (κ1) is 14.4. The third-order valence-electron chi connectivity index (χ3n) is 5.12. The molecule has 2 aliphatic rings. The summed E-state index contributed by atoms with van der Waals surface area (Å²) in [5.41, 5.74) is 0.772. The van der Waals surface area contributed by atoms with Gasteiger partial charge in [0.1, 0.15) is 0 Å². The minimum Gasteiger partial charge on any atom is -0.302 e.